The van der Waals surface area contributed by atoms with Crippen molar-refractivity contribution in [2.24, 2.45) is 0 Å². The van der Waals surface area contributed by atoms with Crippen LogP contribution in [0.5, 0.6) is 0 Å². The van der Waals surface area contributed by atoms with Gasteiger partial charge in [-0.3, -0.25) is 0 Å². The fourth-order valence-corrected chi connectivity index (χ4v) is 1.64. The summed E-state index contributed by atoms with van der Waals surface area (Å²) in [5.74, 6) is 0. The molecule has 0 radical (unpaired) electrons. The molecule has 0 aromatic heterocycles. The molecule has 1 aromatic rings. The number of hydrogen-bond acceptors (Lipinski definition) is 2. The molecule has 0 aliphatic heterocycles. The maximum Gasteiger partial charge on any atom is 0.0774 e. The highest BCUT2D eigenvalue weighted by Gasteiger charge is 2.03. The molecule has 2 nitrogen and oxygen atoms in total. The third-order valence-corrected chi connectivity index (χ3v) is 2.26. The summed E-state index contributed by atoms with van der Waals surface area (Å²) in [4.78, 5) is 0. The van der Waals surface area contributed by atoms with Gasteiger partial charge >= 0.3 is 0 Å². The number of benzene rings is 1. The van der Waals surface area contributed by atoms with E-state index in [4.69, 9.17) is 5.11 Å². The Morgan fingerprint density at radius 1 is 1.14 bits per heavy atom. The summed E-state index contributed by atoms with van der Waals surface area (Å²) < 4.78 is 0. The molecule has 0 saturated heterocycles. The van der Waals surface area contributed by atoms with Gasteiger partial charge in [0, 0.05) is 0 Å². The topological polar surface area (TPSA) is 40.5 Å². The Bertz CT molecular complexity index is 274. The Labute approximate surface area is 85.2 Å². The Morgan fingerprint density at radius 2 is 1.71 bits per heavy atom. The van der Waals surface area contributed by atoms with Gasteiger partial charge in [-0.1, -0.05) is 29.3 Å². The summed E-state index contributed by atoms with van der Waals surface area (Å²) in [5, 5.41) is 17.9. The standard InChI is InChI=1S/C12H18O2/c1-9-5-10(2)7-11(6-9)3-4-12(14)8-13/h5-7,12-14H,3-4,8H2,1-2H3. The lowest BCUT2D eigenvalue weighted by molar-refractivity contribution is 0.0886. The van der Waals surface area contributed by atoms with Crippen LogP contribution in [-0.2, 0) is 6.42 Å². The van der Waals surface area contributed by atoms with Crippen molar-refractivity contribution in [3.63, 3.8) is 0 Å². The molecule has 0 amide bonds. The first-order chi connectivity index (χ1) is 6.61. The van der Waals surface area contributed by atoms with E-state index in [2.05, 4.69) is 32.0 Å². The van der Waals surface area contributed by atoms with E-state index < -0.39 is 6.10 Å². The highest BCUT2D eigenvalue weighted by Crippen LogP contribution is 2.11. The maximum atomic E-state index is 9.21. The number of rotatable bonds is 4. The highest BCUT2D eigenvalue weighted by molar-refractivity contribution is 5.28. The smallest absolute Gasteiger partial charge is 0.0774 e. The van der Waals surface area contributed by atoms with Crippen LogP contribution in [-0.4, -0.2) is 22.9 Å². The first-order valence-electron chi connectivity index (χ1n) is 4.98. The first-order valence-corrected chi connectivity index (χ1v) is 4.98. The van der Waals surface area contributed by atoms with Crippen LogP contribution < -0.4 is 0 Å². The number of hydrogen-bond donors (Lipinski definition) is 2. The predicted molar refractivity (Wildman–Crippen MR) is 57.3 cm³/mol. The summed E-state index contributed by atoms with van der Waals surface area (Å²) in [6.45, 7) is 3.99. The lowest BCUT2D eigenvalue weighted by Gasteiger charge is -2.08. The second kappa shape index (κ2) is 5.13. The lowest BCUT2D eigenvalue weighted by Crippen LogP contribution is -2.12. The van der Waals surface area contributed by atoms with Crippen molar-refractivity contribution in [2.45, 2.75) is 32.8 Å². The molecule has 0 spiro atoms. The maximum absolute atomic E-state index is 9.21. The Balaban J connectivity index is 2.58. The van der Waals surface area contributed by atoms with Crippen LogP contribution in [0.4, 0.5) is 0 Å². The van der Waals surface area contributed by atoms with Crippen LogP contribution >= 0.6 is 0 Å². The Kier molecular flexibility index (Phi) is 4.11. The molecule has 0 bridgehead atoms. The average Bonchev–Trinajstić information content (AvgIpc) is 2.12. The van der Waals surface area contributed by atoms with Crippen molar-refractivity contribution in [3.8, 4) is 0 Å². The molecule has 2 heteroatoms. The second-order valence-corrected chi connectivity index (χ2v) is 3.87. The molecule has 1 unspecified atom stereocenters. The molecule has 1 aromatic carbocycles. The fourth-order valence-electron chi connectivity index (χ4n) is 1.64. The lowest BCUT2D eigenvalue weighted by atomic mass is 10.0. The molecule has 0 saturated carbocycles. The van der Waals surface area contributed by atoms with Crippen LogP contribution in [0.25, 0.3) is 0 Å². The van der Waals surface area contributed by atoms with Crippen molar-refractivity contribution in [1.82, 2.24) is 0 Å². The number of aliphatic hydroxyl groups excluding tert-OH is 2. The zero-order chi connectivity index (χ0) is 10.6. The van der Waals surface area contributed by atoms with Crippen LogP contribution in [0, 0.1) is 13.8 Å². The van der Waals surface area contributed by atoms with Gasteiger partial charge < -0.3 is 10.2 Å². The van der Waals surface area contributed by atoms with E-state index in [0.29, 0.717) is 6.42 Å². The van der Waals surface area contributed by atoms with Gasteiger partial charge in [0.15, 0.2) is 0 Å². The molecule has 14 heavy (non-hydrogen) atoms. The van der Waals surface area contributed by atoms with Gasteiger partial charge in [0.05, 0.1) is 12.7 Å². The van der Waals surface area contributed by atoms with Crippen LogP contribution in [0.3, 0.4) is 0 Å². The van der Waals surface area contributed by atoms with Gasteiger partial charge in [-0.2, -0.15) is 0 Å². The third kappa shape index (κ3) is 3.48. The third-order valence-electron chi connectivity index (χ3n) is 2.26. The summed E-state index contributed by atoms with van der Waals surface area (Å²) in [6, 6.07) is 6.38. The van der Waals surface area contributed by atoms with E-state index >= 15 is 0 Å². The summed E-state index contributed by atoms with van der Waals surface area (Å²) in [6.07, 6.45) is 0.861. The predicted octanol–water partition coefficient (Wildman–Crippen LogP) is 1.59. The molecule has 0 aliphatic carbocycles. The molecule has 0 aliphatic rings. The zero-order valence-electron chi connectivity index (χ0n) is 8.83. The summed E-state index contributed by atoms with van der Waals surface area (Å²) in [7, 11) is 0. The minimum absolute atomic E-state index is 0.148. The fraction of sp³-hybridized carbons (Fsp3) is 0.500. The van der Waals surface area contributed by atoms with Crippen molar-refractivity contribution in [2.75, 3.05) is 6.61 Å². The molecule has 78 valence electrons. The van der Waals surface area contributed by atoms with Gasteiger partial charge in [0.1, 0.15) is 0 Å². The van der Waals surface area contributed by atoms with Gasteiger partial charge in [-0.05, 0) is 32.3 Å². The van der Waals surface area contributed by atoms with Gasteiger partial charge in [-0.15, -0.1) is 0 Å². The van der Waals surface area contributed by atoms with E-state index in [1.807, 2.05) is 0 Å². The van der Waals surface area contributed by atoms with E-state index in [1.54, 1.807) is 0 Å². The molecular formula is C12H18O2. The SMILES string of the molecule is Cc1cc(C)cc(CCC(O)CO)c1. The van der Waals surface area contributed by atoms with Gasteiger partial charge in [-0.25, -0.2) is 0 Å². The normalized spacial score (nSPS) is 12.9. The molecule has 0 heterocycles. The average molecular weight is 194 g/mol. The molecule has 1 atom stereocenters. The second-order valence-electron chi connectivity index (χ2n) is 3.87. The molecular weight excluding hydrogens is 176 g/mol. The molecule has 0 fully saturated rings. The highest BCUT2D eigenvalue weighted by atomic mass is 16.3. The van der Waals surface area contributed by atoms with Crippen molar-refractivity contribution >= 4 is 0 Å². The van der Waals surface area contributed by atoms with Crippen molar-refractivity contribution in [3.05, 3.63) is 34.9 Å². The minimum atomic E-state index is -0.587. The van der Waals surface area contributed by atoms with E-state index in [1.165, 1.54) is 16.7 Å². The monoisotopic (exact) mass is 194 g/mol. The van der Waals surface area contributed by atoms with E-state index in [9.17, 15) is 5.11 Å². The first kappa shape index (κ1) is 11.2. The summed E-state index contributed by atoms with van der Waals surface area (Å²) in [5.41, 5.74) is 3.73. The number of aliphatic hydroxyl groups is 2. The minimum Gasteiger partial charge on any atom is -0.394 e. The Morgan fingerprint density at radius 3 is 2.21 bits per heavy atom. The van der Waals surface area contributed by atoms with Gasteiger partial charge in [0.2, 0.25) is 0 Å². The molecule has 2 N–H and O–H groups in total. The van der Waals surface area contributed by atoms with Crippen molar-refractivity contribution < 1.29 is 10.2 Å². The van der Waals surface area contributed by atoms with Crippen LogP contribution in [0.2, 0.25) is 0 Å². The van der Waals surface area contributed by atoms with E-state index in [0.717, 1.165) is 6.42 Å². The van der Waals surface area contributed by atoms with Crippen LogP contribution in [0.1, 0.15) is 23.1 Å². The number of aryl methyl sites for hydroxylation is 3. The quantitative estimate of drug-likeness (QED) is 0.764. The van der Waals surface area contributed by atoms with E-state index in [-0.39, 0.29) is 6.61 Å². The van der Waals surface area contributed by atoms with Crippen LogP contribution in [0.15, 0.2) is 18.2 Å². The summed E-state index contributed by atoms with van der Waals surface area (Å²) >= 11 is 0. The zero-order valence-corrected chi connectivity index (χ0v) is 8.83. The largest absolute Gasteiger partial charge is 0.394 e. The molecule has 1 rings (SSSR count). The Hall–Kier alpha value is -0.860. The van der Waals surface area contributed by atoms with Crippen molar-refractivity contribution in [1.29, 1.82) is 0 Å². The van der Waals surface area contributed by atoms with Gasteiger partial charge in [0.25, 0.3) is 0 Å².